The second-order valence-electron chi connectivity index (χ2n) is 7.93. The first-order valence-electron chi connectivity index (χ1n) is 9.29. The van der Waals surface area contributed by atoms with Crippen LogP contribution in [0.25, 0.3) is 0 Å². The van der Waals surface area contributed by atoms with Crippen LogP contribution in [0.5, 0.6) is 0 Å². The van der Waals surface area contributed by atoms with Gasteiger partial charge in [-0.2, -0.15) is 0 Å². The molecule has 1 aromatic carbocycles. The van der Waals surface area contributed by atoms with Gasteiger partial charge >= 0.3 is 0 Å². The molecule has 1 saturated carbocycles. The maximum atomic E-state index is 9.71. The van der Waals surface area contributed by atoms with Crippen molar-refractivity contribution >= 4 is 0 Å². The molecule has 0 spiro atoms. The summed E-state index contributed by atoms with van der Waals surface area (Å²) >= 11 is 0. The molecular weight excluding hydrogens is 284 g/mol. The monoisotopic (exact) mass is 316 g/mol. The van der Waals surface area contributed by atoms with Gasteiger partial charge in [0.05, 0.1) is 6.10 Å². The molecule has 2 fully saturated rings. The van der Waals surface area contributed by atoms with Crippen LogP contribution in [0.4, 0.5) is 0 Å². The summed E-state index contributed by atoms with van der Waals surface area (Å²) in [5, 5.41) is 13.6. The summed E-state index contributed by atoms with van der Waals surface area (Å²) in [7, 11) is 0. The van der Waals surface area contributed by atoms with Gasteiger partial charge in [-0.15, -0.1) is 0 Å². The smallest absolute Gasteiger partial charge is 0.0541 e. The molecule has 2 N–H and O–H groups in total. The molecule has 3 heteroatoms. The van der Waals surface area contributed by atoms with E-state index in [1.54, 1.807) is 0 Å². The number of likely N-dealkylation sites (tertiary alicyclic amines) is 1. The average molecular weight is 316 g/mol. The number of nitrogens with one attached hydrogen (secondary N) is 1. The molecule has 1 heterocycles. The summed E-state index contributed by atoms with van der Waals surface area (Å²) in [6, 6.07) is 11.9. The van der Waals surface area contributed by atoms with Crippen molar-refractivity contribution in [2.24, 2.45) is 0 Å². The van der Waals surface area contributed by atoms with E-state index in [1.807, 2.05) is 0 Å². The van der Waals surface area contributed by atoms with Crippen LogP contribution in [0.1, 0.15) is 57.9 Å². The van der Waals surface area contributed by atoms with Gasteiger partial charge in [0.1, 0.15) is 0 Å². The van der Waals surface area contributed by atoms with Crippen LogP contribution in [-0.4, -0.2) is 40.3 Å². The van der Waals surface area contributed by atoms with E-state index in [2.05, 4.69) is 54.4 Å². The van der Waals surface area contributed by atoms with Crippen molar-refractivity contribution in [1.82, 2.24) is 10.2 Å². The van der Waals surface area contributed by atoms with Crippen molar-refractivity contribution in [2.45, 2.75) is 82.6 Å². The highest BCUT2D eigenvalue weighted by Crippen LogP contribution is 2.31. The quantitative estimate of drug-likeness (QED) is 0.894. The molecule has 128 valence electrons. The van der Waals surface area contributed by atoms with E-state index in [0.717, 1.165) is 32.2 Å². The molecule has 0 aromatic heterocycles. The fourth-order valence-electron chi connectivity index (χ4n) is 4.25. The van der Waals surface area contributed by atoms with Gasteiger partial charge in [-0.25, -0.2) is 0 Å². The number of aliphatic hydroxyl groups excluding tert-OH is 1. The van der Waals surface area contributed by atoms with Crippen LogP contribution >= 0.6 is 0 Å². The molecule has 1 aliphatic carbocycles. The third kappa shape index (κ3) is 4.14. The zero-order valence-corrected chi connectivity index (χ0v) is 14.7. The fourth-order valence-corrected chi connectivity index (χ4v) is 4.25. The van der Waals surface area contributed by atoms with Crippen molar-refractivity contribution in [3.8, 4) is 0 Å². The second kappa shape index (κ2) is 7.33. The number of hydrogen-bond donors (Lipinski definition) is 2. The number of benzene rings is 1. The van der Waals surface area contributed by atoms with E-state index in [4.69, 9.17) is 0 Å². The van der Waals surface area contributed by atoms with Crippen LogP contribution in [0.15, 0.2) is 30.3 Å². The Morgan fingerprint density at radius 2 is 1.78 bits per heavy atom. The van der Waals surface area contributed by atoms with Crippen molar-refractivity contribution in [3.63, 3.8) is 0 Å². The first kappa shape index (κ1) is 16.9. The summed E-state index contributed by atoms with van der Waals surface area (Å²) in [6.07, 6.45) is 6.61. The predicted octanol–water partition coefficient (Wildman–Crippen LogP) is 3.32. The molecule has 3 rings (SSSR count). The zero-order valence-electron chi connectivity index (χ0n) is 14.7. The first-order chi connectivity index (χ1) is 11.1. The number of piperidine rings is 1. The highest BCUT2D eigenvalue weighted by atomic mass is 16.3. The van der Waals surface area contributed by atoms with Gasteiger partial charge in [0.2, 0.25) is 0 Å². The first-order valence-corrected chi connectivity index (χ1v) is 9.29. The molecule has 2 aliphatic rings. The van der Waals surface area contributed by atoms with E-state index >= 15 is 0 Å². The Hall–Kier alpha value is -0.900. The SMILES string of the molecule is CC1(C)C(NC2CCC(O)CC2)CCCN1Cc1ccccc1. The predicted molar refractivity (Wildman–Crippen MR) is 95.4 cm³/mol. The standard InChI is InChI=1S/C20H32N2O/c1-20(2)19(21-17-10-12-18(23)13-11-17)9-6-14-22(20)15-16-7-4-3-5-8-16/h3-5,7-8,17-19,21,23H,6,9-15H2,1-2H3. The van der Waals surface area contributed by atoms with Crippen molar-refractivity contribution in [3.05, 3.63) is 35.9 Å². The van der Waals surface area contributed by atoms with Crippen LogP contribution in [0, 0.1) is 0 Å². The Morgan fingerprint density at radius 3 is 2.48 bits per heavy atom. The number of rotatable bonds is 4. The lowest BCUT2D eigenvalue weighted by molar-refractivity contribution is 0.0248. The number of hydrogen-bond acceptors (Lipinski definition) is 3. The number of nitrogens with zero attached hydrogens (tertiary/aromatic N) is 1. The third-order valence-corrected chi connectivity index (χ3v) is 5.94. The third-order valence-electron chi connectivity index (χ3n) is 5.94. The van der Waals surface area contributed by atoms with Crippen LogP contribution in [0.2, 0.25) is 0 Å². The maximum absolute atomic E-state index is 9.71. The Morgan fingerprint density at radius 1 is 1.09 bits per heavy atom. The highest BCUT2D eigenvalue weighted by molar-refractivity contribution is 5.15. The van der Waals surface area contributed by atoms with E-state index in [0.29, 0.717) is 12.1 Å². The van der Waals surface area contributed by atoms with Gasteiger partial charge in [0.25, 0.3) is 0 Å². The summed E-state index contributed by atoms with van der Waals surface area (Å²) in [5.41, 5.74) is 1.58. The summed E-state index contributed by atoms with van der Waals surface area (Å²) in [6.45, 7) is 7.01. The molecule has 1 unspecified atom stereocenters. The van der Waals surface area contributed by atoms with Gasteiger partial charge < -0.3 is 10.4 Å². The van der Waals surface area contributed by atoms with Crippen molar-refractivity contribution in [1.29, 1.82) is 0 Å². The van der Waals surface area contributed by atoms with Crippen molar-refractivity contribution < 1.29 is 5.11 Å². The minimum atomic E-state index is -0.0676. The largest absolute Gasteiger partial charge is 0.393 e. The summed E-state index contributed by atoms with van der Waals surface area (Å²) in [4.78, 5) is 2.64. The lowest BCUT2D eigenvalue weighted by atomic mass is 9.82. The molecule has 1 aliphatic heterocycles. The van der Waals surface area contributed by atoms with Gasteiger partial charge in [-0.1, -0.05) is 30.3 Å². The van der Waals surface area contributed by atoms with Gasteiger partial charge in [-0.3, -0.25) is 4.90 Å². The highest BCUT2D eigenvalue weighted by Gasteiger charge is 2.39. The Balaban J connectivity index is 1.62. The van der Waals surface area contributed by atoms with Crippen LogP contribution in [0.3, 0.4) is 0 Å². The van der Waals surface area contributed by atoms with E-state index in [-0.39, 0.29) is 11.6 Å². The molecule has 0 radical (unpaired) electrons. The normalized spacial score (nSPS) is 31.9. The molecular formula is C20H32N2O. The second-order valence-corrected chi connectivity index (χ2v) is 7.93. The molecule has 1 saturated heterocycles. The Bertz CT molecular complexity index is 480. The molecule has 0 bridgehead atoms. The molecule has 1 atom stereocenters. The van der Waals surface area contributed by atoms with Gasteiger partial charge in [-0.05, 0) is 64.5 Å². The zero-order chi connectivity index (χ0) is 16.3. The van der Waals surface area contributed by atoms with E-state index in [9.17, 15) is 5.11 Å². The lowest BCUT2D eigenvalue weighted by Gasteiger charge is -2.50. The molecule has 23 heavy (non-hydrogen) atoms. The number of aliphatic hydroxyl groups is 1. The van der Waals surface area contributed by atoms with E-state index in [1.165, 1.54) is 24.9 Å². The summed E-state index contributed by atoms with van der Waals surface area (Å²) < 4.78 is 0. The van der Waals surface area contributed by atoms with Gasteiger partial charge in [0.15, 0.2) is 0 Å². The Labute approximate surface area is 141 Å². The molecule has 1 aromatic rings. The van der Waals surface area contributed by atoms with E-state index < -0.39 is 0 Å². The molecule has 3 nitrogen and oxygen atoms in total. The van der Waals surface area contributed by atoms with Crippen molar-refractivity contribution in [2.75, 3.05) is 6.54 Å². The maximum Gasteiger partial charge on any atom is 0.0541 e. The summed E-state index contributed by atoms with van der Waals surface area (Å²) in [5.74, 6) is 0. The fraction of sp³-hybridized carbons (Fsp3) is 0.700. The minimum Gasteiger partial charge on any atom is -0.393 e. The average Bonchev–Trinajstić information content (AvgIpc) is 2.54. The minimum absolute atomic E-state index is 0.0676. The van der Waals surface area contributed by atoms with Crippen LogP contribution < -0.4 is 5.32 Å². The topological polar surface area (TPSA) is 35.5 Å². The Kier molecular flexibility index (Phi) is 5.40. The van der Waals surface area contributed by atoms with Crippen LogP contribution in [-0.2, 0) is 6.54 Å². The van der Waals surface area contributed by atoms with Gasteiger partial charge in [0, 0.05) is 24.2 Å². The lowest BCUT2D eigenvalue weighted by Crippen LogP contribution is -2.62. The molecule has 0 amide bonds.